The van der Waals surface area contributed by atoms with Gasteiger partial charge < -0.3 is 14.6 Å². The molecular weight excluding hydrogens is 475 g/mol. The Morgan fingerprint density at radius 3 is 2.28 bits per heavy atom. The Morgan fingerprint density at radius 2 is 1.64 bits per heavy atom. The van der Waals surface area contributed by atoms with Gasteiger partial charge in [0, 0.05) is 17.3 Å². The van der Waals surface area contributed by atoms with Crippen molar-refractivity contribution in [2.75, 3.05) is 12.0 Å². The Labute approximate surface area is 205 Å². The smallest absolute Gasteiger partial charge is 0.507 e. The highest BCUT2D eigenvalue weighted by Gasteiger charge is 2.47. The summed E-state index contributed by atoms with van der Waals surface area (Å²) < 4.78 is 47.7. The van der Waals surface area contributed by atoms with E-state index in [1.807, 2.05) is 13.0 Å². The Kier molecular flexibility index (Phi) is 6.49. The Balaban J connectivity index is 1.93. The van der Waals surface area contributed by atoms with Crippen molar-refractivity contribution in [1.29, 1.82) is 0 Å². The van der Waals surface area contributed by atoms with Crippen LogP contribution in [0.2, 0.25) is 0 Å². The minimum atomic E-state index is -4.94. The second-order valence-electron chi connectivity index (χ2n) is 8.31. The number of methoxy groups -OCH3 is 1. The molecule has 1 saturated heterocycles. The monoisotopic (exact) mass is 497 g/mol. The zero-order chi connectivity index (χ0) is 26.2. The summed E-state index contributed by atoms with van der Waals surface area (Å²) in [6.45, 7) is 3.58. The van der Waals surface area contributed by atoms with Crippen LogP contribution in [-0.2, 0) is 9.59 Å². The van der Waals surface area contributed by atoms with E-state index in [1.165, 1.54) is 19.2 Å². The predicted molar refractivity (Wildman–Crippen MR) is 127 cm³/mol. The summed E-state index contributed by atoms with van der Waals surface area (Å²) >= 11 is 0. The van der Waals surface area contributed by atoms with Crippen molar-refractivity contribution in [1.82, 2.24) is 0 Å². The minimum absolute atomic E-state index is 0.000294. The molecule has 0 bridgehead atoms. The lowest BCUT2D eigenvalue weighted by Crippen LogP contribution is -2.29. The molecule has 3 aromatic rings. The van der Waals surface area contributed by atoms with E-state index in [9.17, 15) is 27.9 Å². The van der Waals surface area contributed by atoms with Crippen molar-refractivity contribution in [2.24, 2.45) is 0 Å². The highest BCUT2D eigenvalue weighted by molar-refractivity contribution is 6.51. The maximum atomic E-state index is 13.3. The van der Waals surface area contributed by atoms with Crippen molar-refractivity contribution in [3.05, 3.63) is 94.6 Å². The van der Waals surface area contributed by atoms with Gasteiger partial charge in [-0.25, -0.2) is 0 Å². The van der Waals surface area contributed by atoms with Crippen molar-refractivity contribution in [3.63, 3.8) is 0 Å². The molecule has 186 valence electrons. The van der Waals surface area contributed by atoms with Crippen LogP contribution in [0.1, 0.15) is 28.3 Å². The first-order valence-electron chi connectivity index (χ1n) is 10.9. The molecule has 1 aliphatic heterocycles. The summed E-state index contributed by atoms with van der Waals surface area (Å²) in [5.74, 6) is -2.36. The molecule has 3 aromatic carbocycles. The zero-order valence-electron chi connectivity index (χ0n) is 19.6. The number of nitrogens with zero attached hydrogens (tertiary/aromatic N) is 1. The second-order valence-corrected chi connectivity index (χ2v) is 8.31. The van der Waals surface area contributed by atoms with Crippen molar-refractivity contribution < 1.29 is 37.3 Å². The number of carbonyl (C=O) groups is 2. The molecule has 1 amide bonds. The van der Waals surface area contributed by atoms with Gasteiger partial charge in [-0.1, -0.05) is 35.9 Å². The van der Waals surface area contributed by atoms with Gasteiger partial charge in [0.25, 0.3) is 11.7 Å². The summed E-state index contributed by atoms with van der Waals surface area (Å²) in [6, 6.07) is 15.5. The number of rotatable bonds is 5. The standard InChI is InChI=1S/C27H22F3NO5/c1-15-7-8-16(2)21(13-15)24(32)22-23(17-9-11-19(35-3)12-10-17)31(26(34)25(22)33)18-5-4-6-20(14-18)36-27(28,29)30/h4-14,23,32H,1-3H3/b24-22+. The summed E-state index contributed by atoms with van der Waals surface area (Å²) in [5, 5.41) is 11.3. The number of aliphatic hydroxyl groups excluding tert-OH is 1. The van der Waals surface area contributed by atoms with Crippen LogP contribution in [0.4, 0.5) is 18.9 Å². The van der Waals surface area contributed by atoms with E-state index in [1.54, 1.807) is 43.3 Å². The molecular formula is C27H22F3NO5. The lowest BCUT2D eigenvalue weighted by Gasteiger charge is -2.26. The van der Waals surface area contributed by atoms with Gasteiger partial charge in [0.2, 0.25) is 0 Å². The number of hydrogen-bond acceptors (Lipinski definition) is 5. The van der Waals surface area contributed by atoms with Gasteiger partial charge >= 0.3 is 6.36 Å². The Bertz CT molecular complexity index is 1360. The van der Waals surface area contributed by atoms with E-state index in [0.717, 1.165) is 22.6 Å². The summed E-state index contributed by atoms with van der Waals surface area (Å²) in [4.78, 5) is 27.6. The Morgan fingerprint density at radius 1 is 0.944 bits per heavy atom. The molecule has 0 radical (unpaired) electrons. The van der Waals surface area contributed by atoms with E-state index < -0.39 is 29.8 Å². The van der Waals surface area contributed by atoms with E-state index in [-0.39, 0.29) is 17.0 Å². The van der Waals surface area contributed by atoms with Crippen LogP contribution in [0.3, 0.4) is 0 Å². The maximum absolute atomic E-state index is 13.3. The third-order valence-electron chi connectivity index (χ3n) is 5.85. The number of amides is 1. The number of alkyl halides is 3. The lowest BCUT2D eigenvalue weighted by molar-refractivity contribution is -0.274. The number of ether oxygens (including phenoxy) is 2. The number of ketones is 1. The quantitative estimate of drug-likeness (QED) is 0.272. The minimum Gasteiger partial charge on any atom is -0.507 e. The number of aliphatic hydroxyl groups is 1. The fourth-order valence-electron chi connectivity index (χ4n) is 4.17. The van der Waals surface area contributed by atoms with Crippen LogP contribution in [0.25, 0.3) is 5.76 Å². The van der Waals surface area contributed by atoms with E-state index in [4.69, 9.17) is 4.74 Å². The number of anilines is 1. The number of benzene rings is 3. The van der Waals surface area contributed by atoms with Gasteiger partial charge in [-0.2, -0.15) is 0 Å². The van der Waals surface area contributed by atoms with Crippen LogP contribution in [0.15, 0.2) is 72.3 Å². The largest absolute Gasteiger partial charge is 0.573 e. The van der Waals surface area contributed by atoms with Crippen molar-refractivity contribution in [3.8, 4) is 11.5 Å². The zero-order valence-corrected chi connectivity index (χ0v) is 19.6. The molecule has 0 aromatic heterocycles. The summed E-state index contributed by atoms with van der Waals surface area (Å²) in [6.07, 6.45) is -4.94. The number of halogens is 3. The van der Waals surface area contributed by atoms with E-state index >= 15 is 0 Å². The van der Waals surface area contributed by atoms with Crippen molar-refractivity contribution >= 4 is 23.1 Å². The highest BCUT2D eigenvalue weighted by atomic mass is 19.4. The van der Waals surface area contributed by atoms with Crippen molar-refractivity contribution in [2.45, 2.75) is 26.3 Å². The maximum Gasteiger partial charge on any atom is 0.573 e. The molecule has 9 heteroatoms. The molecule has 1 aliphatic rings. The van der Waals surface area contributed by atoms with Gasteiger partial charge in [-0.15, -0.1) is 13.2 Å². The third-order valence-corrected chi connectivity index (χ3v) is 5.85. The average Bonchev–Trinajstić information content (AvgIpc) is 3.09. The molecule has 0 saturated carbocycles. The molecule has 1 atom stereocenters. The fourth-order valence-corrected chi connectivity index (χ4v) is 4.17. The average molecular weight is 497 g/mol. The molecule has 6 nitrogen and oxygen atoms in total. The third kappa shape index (κ3) is 4.77. The summed E-state index contributed by atoms with van der Waals surface area (Å²) in [7, 11) is 1.48. The fraction of sp³-hybridized carbons (Fsp3) is 0.185. The van der Waals surface area contributed by atoms with E-state index in [2.05, 4.69) is 4.74 Å². The van der Waals surface area contributed by atoms with E-state index in [0.29, 0.717) is 22.4 Å². The molecule has 1 N–H and O–H groups in total. The highest BCUT2D eigenvalue weighted by Crippen LogP contribution is 2.43. The normalized spacial score (nSPS) is 17.4. The molecule has 4 rings (SSSR count). The van der Waals surface area contributed by atoms with Gasteiger partial charge in [0.1, 0.15) is 17.3 Å². The first-order chi connectivity index (χ1) is 17.0. The van der Waals surface area contributed by atoms with Crippen LogP contribution in [0.5, 0.6) is 11.5 Å². The number of carbonyl (C=O) groups excluding carboxylic acids is 2. The SMILES string of the molecule is COc1ccc(C2/C(=C(\O)c3cc(C)ccc3C)C(=O)C(=O)N2c2cccc(OC(F)(F)F)c2)cc1. The van der Waals surface area contributed by atoms with Gasteiger partial charge in [0.15, 0.2) is 0 Å². The van der Waals surface area contributed by atoms with Crippen LogP contribution in [-0.4, -0.2) is 30.3 Å². The first kappa shape index (κ1) is 24.8. The van der Waals surface area contributed by atoms with Crippen LogP contribution in [0, 0.1) is 13.8 Å². The predicted octanol–water partition coefficient (Wildman–Crippen LogP) is 5.84. The first-order valence-corrected chi connectivity index (χ1v) is 10.9. The molecule has 1 unspecified atom stereocenters. The van der Waals surface area contributed by atoms with Gasteiger partial charge in [-0.05, 0) is 55.3 Å². The number of aryl methyl sites for hydroxylation is 2. The Hall–Kier alpha value is -4.27. The molecule has 1 heterocycles. The van der Waals surface area contributed by atoms with Crippen LogP contribution >= 0.6 is 0 Å². The topological polar surface area (TPSA) is 76.1 Å². The number of Topliss-reactive ketones (excluding diaryl/α,β-unsaturated/α-hetero) is 1. The van der Waals surface area contributed by atoms with Crippen LogP contribution < -0.4 is 14.4 Å². The van der Waals surface area contributed by atoms with Gasteiger partial charge in [0.05, 0.1) is 18.7 Å². The van der Waals surface area contributed by atoms with Gasteiger partial charge in [-0.3, -0.25) is 14.5 Å². The molecule has 36 heavy (non-hydrogen) atoms. The second kappa shape index (κ2) is 9.41. The summed E-state index contributed by atoms with van der Waals surface area (Å²) in [5.41, 5.74) is 2.15. The molecule has 0 aliphatic carbocycles. The lowest BCUT2D eigenvalue weighted by atomic mass is 9.93. The number of hydrogen-bond donors (Lipinski definition) is 1. The molecule has 1 fully saturated rings. The molecule has 0 spiro atoms.